The van der Waals surface area contributed by atoms with Gasteiger partial charge < -0.3 is 18.9 Å². The fraction of sp³-hybridized carbons (Fsp3) is 0.529. The van der Waals surface area contributed by atoms with Crippen LogP contribution >= 0.6 is 0 Å². The molecule has 176 valence electrons. The van der Waals surface area contributed by atoms with E-state index in [4.69, 9.17) is 0 Å². The molecule has 0 saturated carbocycles. The number of rotatable bonds is 13. The van der Waals surface area contributed by atoms with E-state index in [9.17, 15) is 36.7 Å². The Morgan fingerprint density at radius 2 is 1.39 bits per heavy atom. The fourth-order valence-electron chi connectivity index (χ4n) is 1.35. The van der Waals surface area contributed by atoms with Gasteiger partial charge in [-0.3, -0.25) is 25.0 Å². The van der Waals surface area contributed by atoms with Crippen LogP contribution in [0.1, 0.15) is 13.8 Å². The Labute approximate surface area is 174 Å². The second kappa shape index (κ2) is 12.8. The molecule has 10 nitrogen and oxygen atoms in total. The summed E-state index contributed by atoms with van der Waals surface area (Å²) in [5.74, 6) is -6.62. The molecular weight excluding hydrogens is 436 g/mol. The first-order valence-electron chi connectivity index (χ1n) is 8.33. The molecule has 2 N–H and O–H groups in total. The maximum atomic E-state index is 13.5. The zero-order valence-corrected chi connectivity index (χ0v) is 16.7. The van der Waals surface area contributed by atoms with E-state index in [0.29, 0.717) is 0 Å². The van der Waals surface area contributed by atoms with Gasteiger partial charge in [0.2, 0.25) is 0 Å². The summed E-state index contributed by atoms with van der Waals surface area (Å²) < 4.78 is 70.6. The lowest BCUT2D eigenvalue weighted by atomic mass is 10.3. The molecule has 0 aromatic heterocycles. The Balaban J connectivity index is 4.18. The van der Waals surface area contributed by atoms with E-state index < -0.39 is 69.1 Å². The van der Waals surface area contributed by atoms with Gasteiger partial charge in [0.1, 0.15) is 26.4 Å². The zero-order valence-electron chi connectivity index (χ0n) is 16.7. The van der Waals surface area contributed by atoms with Gasteiger partial charge in [-0.1, -0.05) is 13.2 Å². The van der Waals surface area contributed by atoms with Gasteiger partial charge in [-0.15, -0.1) is 0 Å². The van der Waals surface area contributed by atoms with Gasteiger partial charge in [0.25, 0.3) is 23.6 Å². The van der Waals surface area contributed by atoms with Gasteiger partial charge in [-0.25, -0.2) is 13.6 Å². The number of imide groups is 2. The Morgan fingerprint density at radius 1 is 0.839 bits per heavy atom. The summed E-state index contributed by atoms with van der Waals surface area (Å²) in [5.41, 5.74) is -0.00778. The fourth-order valence-corrected chi connectivity index (χ4v) is 1.35. The van der Waals surface area contributed by atoms with E-state index in [1.165, 1.54) is 13.8 Å². The van der Waals surface area contributed by atoms with Crippen molar-refractivity contribution in [2.45, 2.75) is 25.9 Å². The summed E-state index contributed by atoms with van der Waals surface area (Å²) in [6, 6.07) is 0. The number of alkyl halides is 4. The molecule has 0 aliphatic heterocycles. The highest BCUT2D eigenvalue weighted by molar-refractivity contribution is 6.03. The largest absolute Gasteiger partial charge is 0.422 e. The van der Waals surface area contributed by atoms with Crippen LogP contribution in [0.3, 0.4) is 0 Å². The van der Waals surface area contributed by atoms with Crippen molar-refractivity contribution < 1.29 is 55.7 Å². The Kier molecular flexibility index (Phi) is 11.6. The number of hydrogen-bond acceptors (Lipinski definition) is 8. The highest BCUT2D eigenvalue weighted by atomic mass is 19.3. The third-order valence-corrected chi connectivity index (χ3v) is 2.83. The molecule has 0 unspecified atom stereocenters. The number of nitrogens with one attached hydrogen (secondary N) is 2. The Hall–Kier alpha value is -2.84. The van der Waals surface area contributed by atoms with Crippen molar-refractivity contribution >= 4 is 23.8 Å². The number of alkyl carbamates (subject to hydrolysis) is 1. The van der Waals surface area contributed by atoms with Crippen LogP contribution in [-0.2, 0) is 33.3 Å². The average molecular weight is 458 g/mol. The van der Waals surface area contributed by atoms with E-state index in [-0.39, 0.29) is 11.1 Å². The van der Waals surface area contributed by atoms with Crippen LogP contribution in [0, 0.1) is 0 Å². The molecule has 31 heavy (non-hydrogen) atoms. The molecule has 0 fully saturated rings. The first kappa shape index (κ1) is 28.2. The number of carbonyl (C=O) groups is 4. The van der Waals surface area contributed by atoms with E-state index in [2.05, 4.69) is 32.1 Å². The minimum absolute atomic E-state index is 0.00269. The van der Waals surface area contributed by atoms with Crippen LogP contribution < -0.4 is 10.6 Å². The summed E-state index contributed by atoms with van der Waals surface area (Å²) in [4.78, 5) is 44.6. The number of ether oxygens (including phenoxy) is 4. The summed E-state index contributed by atoms with van der Waals surface area (Å²) >= 11 is 0. The second-order valence-corrected chi connectivity index (χ2v) is 6.06. The van der Waals surface area contributed by atoms with Crippen LogP contribution in [0.25, 0.3) is 0 Å². The van der Waals surface area contributed by atoms with Crippen LogP contribution in [0.5, 0.6) is 0 Å². The third-order valence-electron chi connectivity index (χ3n) is 2.83. The summed E-state index contributed by atoms with van der Waals surface area (Å²) in [6.45, 7) is 2.39. The number of halogens is 4. The first-order valence-corrected chi connectivity index (χ1v) is 8.33. The van der Waals surface area contributed by atoms with Crippen molar-refractivity contribution in [3.8, 4) is 0 Å². The van der Waals surface area contributed by atoms with Crippen molar-refractivity contribution in [2.24, 2.45) is 0 Å². The molecule has 4 amide bonds. The Morgan fingerprint density at radius 3 is 1.94 bits per heavy atom. The van der Waals surface area contributed by atoms with Gasteiger partial charge in [0.05, 0.1) is 0 Å². The standard InChI is InChI=1S/C17H22F4N2O8/c1-10(2)13(25)22-12(24)5-28-6-16(18,19)7-31-17(20,21)8-29-9-30-15(27)23-14(26)11(3)4/h1,3,5-9H2,2,4H3,(H,22,24,25)(H,23,26,27). The molecule has 0 aromatic carbocycles. The predicted molar refractivity (Wildman–Crippen MR) is 94.9 cm³/mol. The van der Waals surface area contributed by atoms with E-state index in [0.717, 1.165) is 0 Å². The summed E-state index contributed by atoms with van der Waals surface area (Å²) in [6.07, 6.45) is -5.47. The zero-order chi connectivity index (χ0) is 24.2. The lowest BCUT2D eigenvalue weighted by Crippen LogP contribution is -2.39. The monoisotopic (exact) mass is 458 g/mol. The predicted octanol–water partition coefficient (Wildman–Crippen LogP) is 1.27. The van der Waals surface area contributed by atoms with Crippen LogP contribution in [0.15, 0.2) is 24.3 Å². The average Bonchev–Trinajstić information content (AvgIpc) is 2.63. The molecule has 0 rings (SSSR count). The molecule has 0 radical (unpaired) electrons. The minimum atomic E-state index is -4.18. The molecule has 0 aromatic rings. The second-order valence-electron chi connectivity index (χ2n) is 6.06. The van der Waals surface area contributed by atoms with Gasteiger partial charge >= 0.3 is 12.2 Å². The van der Waals surface area contributed by atoms with Crippen LogP contribution in [0.2, 0.25) is 0 Å². The normalized spacial score (nSPS) is 11.4. The van der Waals surface area contributed by atoms with Crippen LogP contribution in [-0.4, -0.2) is 69.1 Å². The molecule has 0 heterocycles. The lowest BCUT2D eigenvalue weighted by Gasteiger charge is -2.21. The lowest BCUT2D eigenvalue weighted by molar-refractivity contribution is -0.294. The topological polar surface area (TPSA) is 129 Å². The number of amides is 4. The molecular formula is C17H22F4N2O8. The maximum Gasteiger partial charge on any atom is 0.416 e. The highest BCUT2D eigenvalue weighted by Gasteiger charge is 2.38. The van der Waals surface area contributed by atoms with Crippen molar-refractivity contribution in [2.75, 3.05) is 33.2 Å². The van der Waals surface area contributed by atoms with Crippen LogP contribution in [0.4, 0.5) is 22.4 Å². The summed E-state index contributed by atoms with van der Waals surface area (Å²) in [7, 11) is 0. The third kappa shape index (κ3) is 13.9. The molecule has 0 aliphatic rings. The van der Waals surface area contributed by atoms with Crippen molar-refractivity contribution in [3.63, 3.8) is 0 Å². The molecule has 0 spiro atoms. The van der Waals surface area contributed by atoms with E-state index in [1.807, 2.05) is 0 Å². The highest BCUT2D eigenvalue weighted by Crippen LogP contribution is 2.22. The SMILES string of the molecule is C=C(C)C(=O)NC(=O)COCC(F)(F)COC(F)(F)COCOC(=O)NC(=O)C(=C)C. The Bertz CT molecular complexity index is 712. The molecule has 0 aliphatic carbocycles. The van der Waals surface area contributed by atoms with Crippen molar-refractivity contribution in [1.29, 1.82) is 0 Å². The van der Waals surface area contributed by atoms with E-state index in [1.54, 1.807) is 10.6 Å². The molecule has 0 atom stereocenters. The molecule has 0 saturated heterocycles. The van der Waals surface area contributed by atoms with Gasteiger partial charge in [0, 0.05) is 11.1 Å². The van der Waals surface area contributed by atoms with Gasteiger partial charge in [-0.05, 0) is 13.8 Å². The van der Waals surface area contributed by atoms with E-state index >= 15 is 0 Å². The van der Waals surface area contributed by atoms with Crippen molar-refractivity contribution in [3.05, 3.63) is 24.3 Å². The quantitative estimate of drug-likeness (QED) is 0.183. The molecule has 0 bridgehead atoms. The van der Waals surface area contributed by atoms with Gasteiger partial charge in [-0.2, -0.15) is 8.78 Å². The smallest absolute Gasteiger partial charge is 0.416 e. The van der Waals surface area contributed by atoms with Gasteiger partial charge in [0.15, 0.2) is 6.79 Å². The first-order chi connectivity index (χ1) is 14.1. The maximum absolute atomic E-state index is 13.5. The number of carbonyl (C=O) groups excluding carboxylic acids is 4. The molecule has 14 heteroatoms. The minimum Gasteiger partial charge on any atom is -0.422 e. The van der Waals surface area contributed by atoms with Crippen molar-refractivity contribution in [1.82, 2.24) is 10.6 Å². The number of hydrogen-bond donors (Lipinski definition) is 2. The summed E-state index contributed by atoms with van der Waals surface area (Å²) in [5, 5.41) is 3.50.